The van der Waals surface area contributed by atoms with Gasteiger partial charge < -0.3 is 9.84 Å². The first-order valence-electron chi connectivity index (χ1n) is 6.49. The molecule has 0 aliphatic heterocycles. The van der Waals surface area contributed by atoms with E-state index >= 15 is 0 Å². The van der Waals surface area contributed by atoms with E-state index in [-0.39, 0.29) is 5.52 Å². The molecule has 128 valence electrons. The molecular weight excluding hydrogens is 351 g/mol. The van der Waals surface area contributed by atoms with Crippen molar-refractivity contribution in [2.75, 3.05) is 0 Å². The van der Waals surface area contributed by atoms with E-state index < -0.39 is 52.2 Å². The lowest BCUT2D eigenvalue weighted by Gasteiger charge is -2.09. The summed E-state index contributed by atoms with van der Waals surface area (Å²) in [5, 5.41) is 10.3. The molecule has 0 radical (unpaired) electrons. The third kappa shape index (κ3) is 2.61. The van der Waals surface area contributed by atoms with E-state index in [0.29, 0.717) is 5.39 Å². The normalized spacial score (nSPS) is 10.9. The molecule has 1 N–H and O–H groups in total. The molecule has 0 atom stereocenters. The van der Waals surface area contributed by atoms with Gasteiger partial charge in [-0.15, -0.1) is 0 Å². The molecule has 0 amide bonds. The van der Waals surface area contributed by atoms with Gasteiger partial charge in [-0.3, -0.25) is 4.98 Å². The van der Waals surface area contributed by atoms with Crippen LogP contribution in [-0.4, -0.2) is 21.0 Å². The molecule has 0 bridgehead atoms. The number of aromatic nitrogens is 2. The highest BCUT2D eigenvalue weighted by molar-refractivity contribution is 5.98. The minimum atomic E-state index is -2.40. The van der Waals surface area contributed by atoms with E-state index in [9.17, 15) is 31.9 Å². The fourth-order valence-corrected chi connectivity index (χ4v) is 1.99. The van der Waals surface area contributed by atoms with E-state index in [4.69, 9.17) is 0 Å². The van der Waals surface area contributed by atoms with Crippen molar-refractivity contribution in [3.8, 4) is 11.5 Å². The van der Waals surface area contributed by atoms with E-state index in [1.807, 2.05) is 0 Å². The van der Waals surface area contributed by atoms with E-state index in [0.717, 1.165) is 6.20 Å². The molecule has 1 aromatic carbocycles. The van der Waals surface area contributed by atoms with Gasteiger partial charge >= 0.3 is 5.97 Å². The van der Waals surface area contributed by atoms with Crippen molar-refractivity contribution >= 4 is 16.9 Å². The summed E-state index contributed by atoms with van der Waals surface area (Å²) < 4.78 is 70.5. The van der Waals surface area contributed by atoms with Crippen LogP contribution in [0.15, 0.2) is 24.5 Å². The third-order valence-electron chi connectivity index (χ3n) is 3.18. The monoisotopic (exact) mass is 356 g/mol. The van der Waals surface area contributed by atoms with Crippen LogP contribution in [0.3, 0.4) is 0 Å². The number of carbonyl (C=O) groups is 1. The summed E-state index contributed by atoms with van der Waals surface area (Å²) in [5.74, 6) is -15.8. The predicted molar refractivity (Wildman–Crippen MR) is 72.4 cm³/mol. The van der Waals surface area contributed by atoms with Gasteiger partial charge in [0.2, 0.25) is 34.8 Å². The van der Waals surface area contributed by atoms with Crippen molar-refractivity contribution in [2.24, 2.45) is 0 Å². The van der Waals surface area contributed by atoms with Crippen molar-refractivity contribution < 1.29 is 36.6 Å². The number of fused-ring (bicyclic) bond motifs is 1. The van der Waals surface area contributed by atoms with Crippen molar-refractivity contribution in [1.29, 1.82) is 0 Å². The highest BCUT2D eigenvalue weighted by Gasteiger charge is 2.30. The van der Waals surface area contributed by atoms with Crippen molar-refractivity contribution in [1.82, 2.24) is 9.97 Å². The SMILES string of the molecule is O=C(Oc1c(F)c(F)c(F)c(F)c1F)c1ncc2cccnc2c1O. The zero-order valence-corrected chi connectivity index (χ0v) is 11.9. The molecule has 2 heterocycles. The summed E-state index contributed by atoms with van der Waals surface area (Å²) in [4.78, 5) is 19.3. The van der Waals surface area contributed by atoms with Gasteiger partial charge in [0.25, 0.3) is 0 Å². The van der Waals surface area contributed by atoms with Crippen LogP contribution < -0.4 is 4.74 Å². The average molecular weight is 356 g/mol. The Bertz CT molecular complexity index is 997. The maximum absolute atomic E-state index is 13.5. The molecule has 5 nitrogen and oxygen atoms in total. The summed E-state index contributed by atoms with van der Waals surface area (Å²) in [6, 6.07) is 3.03. The number of hydrogen-bond donors (Lipinski definition) is 1. The molecule has 0 unspecified atom stereocenters. The minimum Gasteiger partial charge on any atom is -0.504 e. The number of hydrogen-bond acceptors (Lipinski definition) is 5. The second-order valence-corrected chi connectivity index (χ2v) is 4.69. The Kier molecular flexibility index (Phi) is 3.95. The lowest BCUT2D eigenvalue weighted by molar-refractivity contribution is 0.0706. The first-order valence-corrected chi connectivity index (χ1v) is 6.49. The van der Waals surface area contributed by atoms with E-state index in [2.05, 4.69) is 14.7 Å². The van der Waals surface area contributed by atoms with E-state index in [1.54, 1.807) is 0 Å². The molecule has 0 fully saturated rings. The van der Waals surface area contributed by atoms with Gasteiger partial charge in [-0.1, -0.05) is 0 Å². The highest BCUT2D eigenvalue weighted by Crippen LogP contribution is 2.31. The number of aromatic hydroxyl groups is 1. The Morgan fingerprint density at radius 1 is 0.960 bits per heavy atom. The van der Waals surface area contributed by atoms with Gasteiger partial charge in [-0.2, -0.15) is 8.78 Å². The topological polar surface area (TPSA) is 72.3 Å². The zero-order valence-electron chi connectivity index (χ0n) is 11.9. The van der Waals surface area contributed by atoms with Gasteiger partial charge in [-0.25, -0.2) is 22.9 Å². The number of benzene rings is 1. The molecule has 0 spiro atoms. The molecule has 0 saturated heterocycles. The number of pyridine rings is 2. The summed E-state index contributed by atoms with van der Waals surface area (Å²) in [5.41, 5.74) is -0.878. The van der Waals surface area contributed by atoms with Crippen LogP contribution in [0.2, 0.25) is 0 Å². The highest BCUT2D eigenvalue weighted by atomic mass is 19.2. The summed E-state index contributed by atoms with van der Waals surface area (Å²) in [6.45, 7) is 0. The third-order valence-corrected chi connectivity index (χ3v) is 3.18. The lowest BCUT2D eigenvalue weighted by atomic mass is 10.2. The second-order valence-electron chi connectivity index (χ2n) is 4.69. The molecule has 0 aliphatic carbocycles. The van der Waals surface area contributed by atoms with E-state index in [1.165, 1.54) is 18.3 Å². The number of nitrogens with zero attached hydrogens (tertiary/aromatic N) is 2. The molecule has 3 rings (SSSR count). The van der Waals surface area contributed by atoms with Crippen molar-refractivity contribution in [3.05, 3.63) is 59.3 Å². The Balaban J connectivity index is 2.06. The first-order chi connectivity index (χ1) is 11.8. The largest absolute Gasteiger partial charge is 0.504 e. The molecule has 25 heavy (non-hydrogen) atoms. The maximum atomic E-state index is 13.5. The smallest absolute Gasteiger partial charge is 0.366 e. The Morgan fingerprint density at radius 3 is 2.20 bits per heavy atom. The number of carbonyl (C=O) groups excluding carboxylic acids is 1. The van der Waals surface area contributed by atoms with Crippen molar-refractivity contribution in [2.45, 2.75) is 0 Å². The first kappa shape index (κ1) is 16.6. The average Bonchev–Trinajstić information content (AvgIpc) is 2.62. The Morgan fingerprint density at radius 2 is 1.56 bits per heavy atom. The quantitative estimate of drug-likeness (QED) is 0.251. The zero-order chi connectivity index (χ0) is 18.3. The van der Waals surface area contributed by atoms with Crippen LogP contribution in [-0.2, 0) is 0 Å². The lowest BCUT2D eigenvalue weighted by Crippen LogP contribution is -2.15. The summed E-state index contributed by atoms with van der Waals surface area (Å²) in [6.07, 6.45) is 2.40. The number of halogens is 5. The predicted octanol–water partition coefficient (Wildman–Crippen LogP) is 3.25. The van der Waals surface area contributed by atoms with Crippen LogP contribution in [0.5, 0.6) is 11.5 Å². The fraction of sp³-hybridized carbons (Fsp3) is 0. The molecule has 2 aromatic heterocycles. The standard InChI is InChI=1S/C15H5F5N2O3/c16-6-7(17)9(19)14(10(20)8(6)18)25-15(24)12-13(23)11-5(4-22-12)2-1-3-21-11/h1-4,23H. The molecule has 10 heteroatoms. The van der Waals surface area contributed by atoms with Crippen LogP contribution in [0, 0.1) is 29.1 Å². The molecule has 3 aromatic rings. The van der Waals surface area contributed by atoms with Crippen LogP contribution in [0.1, 0.15) is 10.5 Å². The van der Waals surface area contributed by atoms with Gasteiger partial charge in [0, 0.05) is 17.8 Å². The maximum Gasteiger partial charge on any atom is 0.366 e. The van der Waals surface area contributed by atoms with Gasteiger partial charge in [-0.05, 0) is 12.1 Å². The molecule has 0 aliphatic rings. The van der Waals surface area contributed by atoms with Gasteiger partial charge in [0.15, 0.2) is 11.4 Å². The Labute approximate surface area is 135 Å². The van der Waals surface area contributed by atoms with Crippen LogP contribution >= 0.6 is 0 Å². The minimum absolute atomic E-state index is 0.0677. The fourth-order valence-electron chi connectivity index (χ4n) is 1.99. The van der Waals surface area contributed by atoms with Crippen LogP contribution in [0.4, 0.5) is 22.0 Å². The summed E-state index contributed by atoms with van der Waals surface area (Å²) >= 11 is 0. The van der Waals surface area contributed by atoms with Gasteiger partial charge in [0.1, 0.15) is 5.52 Å². The van der Waals surface area contributed by atoms with Gasteiger partial charge in [0.05, 0.1) is 0 Å². The molecular formula is C15H5F5N2O3. The second kappa shape index (κ2) is 5.96. The molecule has 0 saturated carbocycles. The summed E-state index contributed by atoms with van der Waals surface area (Å²) in [7, 11) is 0. The number of rotatable bonds is 2. The Hall–Kier alpha value is -3.30. The number of esters is 1. The van der Waals surface area contributed by atoms with Crippen molar-refractivity contribution in [3.63, 3.8) is 0 Å². The number of ether oxygens (including phenoxy) is 1. The van der Waals surface area contributed by atoms with Crippen LogP contribution in [0.25, 0.3) is 10.9 Å².